The minimum atomic E-state index is -0.668. The van der Waals surface area contributed by atoms with Crippen LogP contribution in [0.3, 0.4) is 0 Å². The van der Waals surface area contributed by atoms with Crippen LogP contribution in [0.15, 0.2) is 42.5 Å². The smallest absolute Gasteiger partial charge is 0.343 e. The lowest BCUT2D eigenvalue weighted by Crippen LogP contribution is -2.09. The molecule has 0 unspecified atom stereocenters. The third-order valence-electron chi connectivity index (χ3n) is 2.92. The summed E-state index contributed by atoms with van der Waals surface area (Å²) in [6, 6.07) is 10.9. The number of carbonyl (C=O) groups excluding carboxylic acids is 1. The van der Waals surface area contributed by atoms with E-state index in [9.17, 15) is 14.9 Å². The molecule has 0 spiro atoms. The second-order valence-corrected chi connectivity index (χ2v) is 4.72. The molecule has 0 atom stereocenters. The van der Waals surface area contributed by atoms with Gasteiger partial charge in [0.15, 0.2) is 0 Å². The van der Waals surface area contributed by atoms with Gasteiger partial charge in [-0.3, -0.25) is 10.1 Å². The SMILES string of the molecule is CCc1ccc(OC(=O)c2ccc(Cl)c([N+](=O)[O-])c2)cc1. The van der Waals surface area contributed by atoms with Crippen molar-refractivity contribution in [3.05, 3.63) is 68.7 Å². The number of nitro benzene ring substituents is 1. The van der Waals surface area contributed by atoms with Gasteiger partial charge in [0, 0.05) is 6.07 Å². The van der Waals surface area contributed by atoms with Crippen molar-refractivity contribution in [2.24, 2.45) is 0 Å². The van der Waals surface area contributed by atoms with Gasteiger partial charge in [0.05, 0.1) is 10.5 Å². The van der Waals surface area contributed by atoms with Gasteiger partial charge in [-0.1, -0.05) is 30.7 Å². The van der Waals surface area contributed by atoms with Crippen LogP contribution in [0.25, 0.3) is 0 Å². The summed E-state index contributed by atoms with van der Waals surface area (Å²) in [5.74, 6) is -0.284. The highest BCUT2D eigenvalue weighted by atomic mass is 35.5. The van der Waals surface area contributed by atoms with Gasteiger partial charge >= 0.3 is 5.97 Å². The van der Waals surface area contributed by atoms with Crippen LogP contribution in [-0.2, 0) is 6.42 Å². The fraction of sp³-hybridized carbons (Fsp3) is 0.133. The molecule has 2 aromatic rings. The van der Waals surface area contributed by atoms with Crippen LogP contribution < -0.4 is 4.74 Å². The number of benzene rings is 2. The van der Waals surface area contributed by atoms with Gasteiger partial charge in [0.25, 0.3) is 5.69 Å². The number of halogens is 1. The van der Waals surface area contributed by atoms with Crippen molar-refractivity contribution in [1.82, 2.24) is 0 Å². The van der Waals surface area contributed by atoms with E-state index in [2.05, 4.69) is 0 Å². The Morgan fingerprint density at radius 2 is 1.90 bits per heavy atom. The summed E-state index contributed by atoms with van der Waals surface area (Å²) in [5.41, 5.74) is 0.870. The number of aryl methyl sites for hydroxylation is 1. The number of esters is 1. The Hall–Kier alpha value is -2.40. The molecule has 0 saturated carbocycles. The quantitative estimate of drug-likeness (QED) is 0.370. The molecule has 6 heteroatoms. The molecular weight excluding hydrogens is 294 g/mol. The standard InChI is InChI=1S/C15H12ClNO4/c1-2-10-3-6-12(7-4-10)21-15(18)11-5-8-13(16)14(9-11)17(19)20/h3-9H,2H2,1H3. The largest absolute Gasteiger partial charge is 0.423 e. The van der Waals surface area contributed by atoms with Crippen LogP contribution in [0.5, 0.6) is 5.75 Å². The summed E-state index contributed by atoms with van der Waals surface area (Å²) in [5, 5.41) is 10.8. The van der Waals surface area contributed by atoms with Crippen LogP contribution in [-0.4, -0.2) is 10.9 Å². The maximum Gasteiger partial charge on any atom is 0.343 e. The summed E-state index contributed by atoms with van der Waals surface area (Å²) in [7, 11) is 0. The van der Waals surface area contributed by atoms with Crippen LogP contribution in [0, 0.1) is 10.1 Å². The van der Waals surface area contributed by atoms with E-state index >= 15 is 0 Å². The molecule has 108 valence electrons. The maximum atomic E-state index is 12.0. The van der Waals surface area contributed by atoms with Crippen molar-refractivity contribution in [3.8, 4) is 5.75 Å². The predicted molar refractivity (Wildman–Crippen MR) is 78.9 cm³/mol. The van der Waals surface area contributed by atoms with Gasteiger partial charge in [-0.2, -0.15) is 0 Å². The highest BCUT2D eigenvalue weighted by Gasteiger charge is 2.17. The van der Waals surface area contributed by atoms with Crippen LogP contribution >= 0.6 is 11.6 Å². The van der Waals surface area contributed by atoms with E-state index in [0.717, 1.165) is 18.1 Å². The molecular formula is C15H12ClNO4. The molecule has 2 rings (SSSR count). The molecule has 0 aliphatic rings. The van der Waals surface area contributed by atoms with Gasteiger partial charge in [-0.15, -0.1) is 0 Å². The average molecular weight is 306 g/mol. The van der Waals surface area contributed by atoms with E-state index in [4.69, 9.17) is 16.3 Å². The molecule has 0 radical (unpaired) electrons. The average Bonchev–Trinajstić information content (AvgIpc) is 2.48. The number of hydrogen-bond acceptors (Lipinski definition) is 4. The highest BCUT2D eigenvalue weighted by molar-refractivity contribution is 6.32. The molecule has 0 fully saturated rings. The van der Waals surface area contributed by atoms with Crippen molar-refractivity contribution in [2.45, 2.75) is 13.3 Å². The topological polar surface area (TPSA) is 69.4 Å². The first kappa shape index (κ1) is 15.0. The normalized spacial score (nSPS) is 10.2. The summed E-state index contributed by atoms with van der Waals surface area (Å²) in [6.07, 6.45) is 0.887. The Kier molecular flexibility index (Phi) is 4.55. The third-order valence-corrected chi connectivity index (χ3v) is 3.24. The minimum absolute atomic E-state index is 0.0242. The fourth-order valence-electron chi connectivity index (χ4n) is 1.74. The second-order valence-electron chi connectivity index (χ2n) is 4.31. The molecule has 0 heterocycles. The number of carbonyl (C=O) groups is 1. The zero-order valence-electron chi connectivity index (χ0n) is 11.2. The van der Waals surface area contributed by atoms with Gasteiger partial charge < -0.3 is 4.74 Å². The summed E-state index contributed by atoms with van der Waals surface area (Å²) >= 11 is 5.70. The van der Waals surface area contributed by atoms with E-state index in [1.807, 2.05) is 19.1 Å². The minimum Gasteiger partial charge on any atom is -0.423 e. The molecule has 0 aliphatic heterocycles. The predicted octanol–water partition coefficient (Wildman–Crippen LogP) is 4.03. The number of nitrogens with zero attached hydrogens (tertiary/aromatic N) is 1. The summed E-state index contributed by atoms with van der Waals surface area (Å²) in [4.78, 5) is 22.1. The van der Waals surface area contributed by atoms with E-state index in [-0.39, 0.29) is 16.3 Å². The molecule has 21 heavy (non-hydrogen) atoms. The molecule has 0 aliphatic carbocycles. The van der Waals surface area contributed by atoms with E-state index in [1.165, 1.54) is 12.1 Å². The highest BCUT2D eigenvalue weighted by Crippen LogP contribution is 2.25. The molecule has 5 nitrogen and oxygen atoms in total. The van der Waals surface area contributed by atoms with Crippen LogP contribution in [0.2, 0.25) is 5.02 Å². The Morgan fingerprint density at radius 3 is 2.48 bits per heavy atom. The third kappa shape index (κ3) is 3.58. The zero-order valence-corrected chi connectivity index (χ0v) is 12.0. The van der Waals surface area contributed by atoms with Gasteiger partial charge in [-0.25, -0.2) is 4.79 Å². The lowest BCUT2D eigenvalue weighted by molar-refractivity contribution is -0.384. The zero-order chi connectivity index (χ0) is 15.4. The molecule has 0 bridgehead atoms. The maximum absolute atomic E-state index is 12.0. The van der Waals surface area contributed by atoms with E-state index in [1.54, 1.807) is 12.1 Å². The van der Waals surface area contributed by atoms with Crippen molar-refractivity contribution in [3.63, 3.8) is 0 Å². The monoisotopic (exact) mass is 305 g/mol. The van der Waals surface area contributed by atoms with Crippen LogP contribution in [0.4, 0.5) is 5.69 Å². The van der Waals surface area contributed by atoms with E-state index in [0.29, 0.717) is 5.75 Å². The van der Waals surface area contributed by atoms with Gasteiger partial charge in [0.1, 0.15) is 10.8 Å². The van der Waals surface area contributed by atoms with Crippen molar-refractivity contribution in [1.29, 1.82) is 0 Å². The first-order valence-electron chi connectivity index (χ1n) is 6.26. The molecule has 0 N–H and O–H groups in total. The fourth-order valence-corrected chi connectivity index (χ4v) is 1.93. The summed E-state index contributed by atoms with van der Waals surface area (Å²) < 4.78 is 5.17. The number of hydrogen-bond donors (Lipinski definition) is 0. The first-order valence-corrected chi connectivity index (χ1v) is 6.64. The van der Waals surface area contributed by atoms with Gasteiger partial charge in [-0.05, 0) is 36.2 Å². The molecule has 2 aromatic carbocycles. The number of ether oxygens (including phenoxy) is 1. The van der Waals surface area contributed by atoms with Crippen LogP contribution in [0.1, 0.15) is 22.8 Å². The Balaban J connectivity index is 2.19. The molecule has 0 aromatic heterocycles. The Bertz CT molecular complexity index is 683. The number of nitro groups is 1. The lowest BCUT2D eigenvalue weighted by Gasteiger charge is -2.05. The van der Waals surface area contributed by atoms with Gasteiger partial charge in [0.2, 0.25) is 0 Å². The van der Waals surface area contributed by atoms with Crippen molar-refractivity contribution >= 4 is 23.3 Å². The second kappa shape index (κ2) is 6.37. The van der Waals surface area contributed by atoms with E-state index < -0.39 is 10.9 Å². The molecule has 0 amide bonds. The van der Waals surface area contributed by atoms with Crippen molar-refractivity contribution < 1.29 is 14.5 Å². The summed E-state index contributed by atoms with van der Waals surface area (Å²) in [6.45, 7) is 2.02. The molecule has 0 saturated heterocycles. The van der Waals surface area contributed by atoms with Crippen molar-refractivity contribution in [2.75, 3.05) is 0 Å². The first-order chi connectivity index (χ1) is 10.0. The Labute approximate surface area is 126 Å². The Morgan fingerprint density at radius 1 is 1.24 bits per heavy atom. The number of rotatable bonds is 4. The lowest BCUT2D eigenvalue weighted by atomic mass is 10.2.